The summed E-state index contributed by atoms with van der Waals surface area (Å²) in [5.41, 5.74) is 5.75. The van der Waals surface area contributed by atoms with Crippen LogP contribution in [0, 0.1) is 0 Å². The molecule has 1 amide bonds. The van der Waals surface area contributed by atoms with Gasteiger partial charge < -0.3 is 5.73 Å². The van der Waals surface area contributed by atoms with E-state index in [1.165, 1.54) is 12.1 Å². The van der Waals surface area contributed by atoms with Crippen molar-refractivity contribution in [2.24, 2.45) is 5.73 Å². The van der Waals surface area contributed by atoms with Gasteiger partial charge in [0.25, 0.3) is 0 Å². The number of nitrogens with two attached hydrogens (primary N) is 1. The first-order valence-corrected chi connectivity index (χ1v) is 7.89. The van der Waals surface area contributed by atoms with Gasteiger partial charge in [0, 0.05) is 0 Å². The highest BCUT2D eigenvalue weighted by Gasteiger charge is 2.26. The zero-order chi connectivity index (χ0) is 15.5. The van der Waals surface area contributed by atoms with Crippen LogP contribution in [-0.4, -0.2) is 14.3 Å². The van der Waals surface area contributed by atoms with Crippen LogP contribution in [0.4, 0.5) is 0 Å². The molecule has 2 aromatic carbocycles. The minimum absolute atomic E-state index is 0.0706. The molecule has 0 heterocycles. The predicted molar refractivity (Wildman–Crippen MR) is 80.2 cm³/mol. The predicted octanol–water partition coefficient (Wildman–Crippen LogP) is 1.84. The minimum Gasteiger partial charge on any atom is -0.368 e. The molecule has 7 heteroatoms. The molecule has 0 aliphatic rings. The van der Waals surface area contributed by atoms with Gasteiger partial charge in [0.05, 0.1) is 5.02 Å². The van der Waals surface area contributed by atoms with Crippen LogP contribution in [0.15, 0.2) is 59.5 Å². The first-order chi connectivity index (χ1) is 9.92. The van der Waals surface area contributed by atoms with Gasteiger partial charge in [-0.1, -0.05) is 54.1 Å². The van der Waals surface area contributed by atoms with E-state index in [0.717, 1.165) is 0 Å². The quantitative estimate of drug-likeness (QED) is 0.879. The first kappa shape index (κ1) is 15.5. The second-order valence-corrected chi connectivity index (χ2v) is 6.39. The molecule has 2 rings (SSSR count). The Morgan fingerprint density at radius 2 is 1.62 bits per heavy atom. The van der Waals surface area contributed by atoms with Crippen molar-refractivity contribution in [3.63, 3.8) is 0 Å². The molecule has 110 valence electrons. The van der Waals surface area contributed by atoms with Crippen LogP contribution in [-0.2, 0) is 14.8 Å². The summed E-state index contributed by atoms with van der Waals surface area (Å²) in [5.74, 6) is -0.795. The molecule has 0 radical (unpaired) electrons. The normalized spacial score (nSPS) is 12.8. The number of sulfonamides is 1. The third-order valence-electron chi connectivity index (χ3n) is 2.82. The lowest BCUT2D eigenvalue weighted by atomic mass is 10.1. The number of carbonyl (C=O) groups excluding carboxylic acids is 1. The standard InChI is InChI=1S/C14H13ClN2O3S/c15-11-8-4-5-9-12(11)21(19,20)17-13(14(16)18)10-6-2-1-3-7-10/h1-9,13,17H,(H2,16,18). The van der Waals surface area contributed by atoms with E-state index < -0.39 is 22.0 Å². The van der Waals surface area contributed by atoms with Crippen molar-refractivity contribution in [3.8, 4) is 0 Å². The van der Waals surface area contributed by atoms with E-state index in [9.17, 15) is 13.2 Å². The smallest absolute Gasteiger partial charge is 0.243 e. The summed E-state index contributed by atoms with van der Waals surface area (Å²) >= 11 is 5.88. The highest BCUT2D eigenvalue weighted by molar-refractivity contribution is 7.89. The summed E-state index contributed by atoms with van der Waals surface area (Å²) in [6.07, 6.45) is 0. The summed E-state index contributed by atoms with van der Waals surface area (Å²) in [5, 5.41) is 0.0706. The van der Waals surface area contributed by atoms with Crippen LogP contribution in [0.2, 0.25) is 5.02 Å². The van der Waals surface area contributed by atoms with Gasteiger partial charge in [0.15, 0.2) is 0 Å². The van der Waals surface area contributed by atoms with Crippen molar-refractivity contribution >= 4 is 27.5 Å². The fourth-order valence-electron chi connectivity index (χ4n) is 1.82. The van der Waals surface area contributed by atoms with Crippen molar-refractivity contribution in [3.05, 3.63) is 65.2 Å². The van der Waals surface area contributed by atoms with Gasteiger partial charge in [-0.25, -0.2) is 8.42 Å². The number of rotatable bonds is 5. The van der Waals surface area contributed by atoms with E-state index in [1.807, 2.05) is 0 Å². The Labute approximate surface area is 127 Å². The van der Waals surface area contributed by atoms with Crippen LogP contribution in [0.3, 0.4) is 0 Å². The van der Waals surface area contributed by atoms with Crippen LogP contribution in [0.5, 0.6) is 0 Å². The molecule has 0 aliphatic carbocycles. The topological polar surface area (TPSA) is 89.3 Å². The molecule has 21 heavy (non-hydrogen) atoms. The highest BCUT2D eigenvalue weighted by atomic mass is 35.5. The highest BCUT2D eigenvalue weighted by Crippen LogP contribution is 2.23. The fourth-order valence-corrected chi connectivity index (χ4v) is 3.53. The number of hydrogen-bond acceptors (Lipinski definition) is 3. The molecule has 3 N–H and O–H groups in total. The molecule has 5 nitrogen and oxygen atoms in total. The molecule has 0 aliphatic heterocycles. The van der Waals surface area contributed by atoms with Gasteiger partial charge in [-0.05, 0) is 17.7 Å². The largest absolute Gasteiger partial charge is 0.368 e. The van der Waals surface area contributed by atoms with Crippen molar-refractivity contribution < 1.29 is 13.2 Å². The summed E-state index contributed by atoms with van der Waals surface area (Å²) in [6.45, 7) is 0. The second kappa shape index (κ2) is 6.26. The molecule has 2 aromatic rings. The lowest BCUT2D eigenvalue weighted by Gasteiger charge is -2.16. The Bertz CT molecular complexity index is 748. The van der Waals surface area contributed by atoms with Gasteiger partial charge in [-0.3, -0.25) is 4.79 Å². The molecule has 0 aromatic heterocycles. The Hall–Kier alpha value is -1.89. The van der Waals surface area contributed by atoms with E-state index in [-0.39, 0.29) is 9.92 Å². The maximum Gasteiger partial charge on any atom is 0.243 e. The van der Waals surface area contributed by atoms with Crippen LogP contribution in [0.1, 0.15) is 11.6 Å². The number of benzene rings is 2. The first-order valence-electron chi connectivity index (χ1n) is 6.03. The van der Waals surface area contributed by atoms with Crippen LogP contribution in [0.25, 0.3) is 0 Å². The van der Waals surface area contributed by atoms with Crippen molar-refractivity contribution in [2.75, 3.05) is 0 Å². The molecule has 0 bridgehead atoms. The number of primary amides is 1. The molecular formula is C14H13ClN2O3S. The Kier molecular flexibility index (Phi) is 4.62. The van der Waals surface area contributed by atoms with Crippen LogP contribution >= 0.6 is 11.6 Å². The van der Waals surface area contributed by atoms with Crippen molar-refractivity contribution in [2.45, 2.75) is 10.9 Å². The molecule has 0 saturated heterocycles. The maximum atomic E-state index is 12.3. The van der Waals surface area contributed by atoms with E-state index in [1.54, 1.807) is 42.5 Å². The molecule has 0 fully saturated rings. The third-order valence-corrected chi connectivity index (χ3v) is 4.74. The number of nitrogens with one attached hydrogen (secondary N) is 1. The molecule has 1 atom stereocenters. The minimum atomic E-state index is -3.97. The zero-order valence-corrected chi connectivity index (χ0v) is 12.4. The number of carbonyl (C=O) groups is 1. The molecule has 1 unspecified atom stereocenters. The average molecular weight is 325 g/mol. The Morgan fingerprint density at radius 1 is 1.05 bits per heavy atom. The van der Waals surface area contributed by atoms with Crippen LogP contribution < -0.4 is 10.5 Å². The fraction of sp³-hybridized carbons (Fsp3) is 0.0714. The molecule has 0 spiro atoms. The van der Waals surface area contributed by atoms with Crippen molar-refractivity contribution in [1.29, 1.82) is 0 Å². The van der Waals surface area contributed by atoms with Gasteiger partial charge in [-0.15, -0.1) is 0 Å². The maximum absolute atomic E-state index is 12.3. The SMILES string of the molecule is NC(=O)C(NS(=O)(=O)c1ccccc1Cl)c1ccccc1. The Balaban J connectivity index is 2.38. The van der Waals surface area contributed by atoms with Gasteiger partial charge in [0.2, 0.25) is 15.9 Å². The molecular weight excluding hydrogens is 312 g/mol. The monoisotopic (exact) mass is 324 g/mol. The van der Waals surface area contributed by atoms with Gasteiger partial charge in [0.1, 0.15) is 10.9 Å². The molecule has 0 saturated carbocycles. The zero-order valence-electron chi connectivity index (χ0n) is 10.9. The van der Waals surface area contributed by atoms with Gasteiger partial charge in [-0.2, -0.15) is 4.72 Å². The second-order valence-electron chi connectivity index (χ2n) is 4.30. The van der Waals surface area contributed by atoms with Crippen molar-refractivity contribution in [1.82, 2.24) is 4.72 Å². The average Bonchev–Trinajstić information content (AvgIpc) is 2.46. The number of hydrogen-bond donors (Lipinski definition) is 2. The number of halogens is 1. The van der Waals surface area contributed by atoms with E-state index >= 15 is 0 Å². The van der Waals surface area contributed by atoms with E-state index in [4.69, 9.17) is 17.3 Å². The van der Waals surface area contributed by atoms with E-state index in [0.29, 0.717) is 5.56 Å². The summed E-state index contributed by atoms with van der Waals surface area (Å²) < 4.78 is 27.0. The summed E-state index contributed by atoms with van der Waals surface area (Å²) in [6, 6.07) is 13.2. The van der Waals surface area contributed by atoms with E-state index in [2.05, 4.69) is 4.72 Å². The van der Waals surface area contributed by atoms with Gasteiger partial charge >= 0.3 is 0 Å². The summed E-state index contributed by atoms with van der Waals surface area (Å²) in [4.78, 5) is 11.5. The Morgan fingerprint density at radius 3 is 2.19 bits per heavy atom. The summed E-state index contributed by atoms with van der Waals surface area (Å²) in [7, 11) is -3.97. The lowest BCUT2D eigenvalue weighted by Crippen LogP contribution is -2.37. The third kappa shape index (κ3) is 3.60. The lowest BCUT2D eigenvalue weighted by molar-refractivity contribution is -0.119. The number of amides is 1.